The number of piperidine rings is 1. The van der Waals surface area contributed by atoms with E-state index in [9.17, 15) is 10.1 Å². The van der Waals surface area contributed by atoms with Crippen LogP contribution in [0.3, 0.4) is 0 Å². The molecule has 5 atom stereocenters. The van der Waals surface area contributed by atoms with Crippen molar-refractivity contribution >= 4 is 23.2 Å². The summed E-state index contributed by atoms with van der Waals surface area (Å²) in [7, 11) is 0. The summed E-state index contributed by atoms with van der Waals surface area (Å²) in [5.74, 6) is 0.587. The zero-order valence-electron chi connectivity index (χ0n) is 13.6. The highest BCUT2D eigenvalue weighted by molar-refractivity contribution is 6.32. The number of likely N-dealkylation sites (tertiary alicyclic amines) is 1. The molecule has 2 saturated heterocycles. The van der Waals surface area contributed by atoms with Crippen molar-refractivity contribution in [2.24, 2.45) is 5.92 Å². The zero-order valence-corrected chi connectivity index (χ0v) is 14.3. The number of anilines is 1. The van der Waals surface area contributed by atoms with Crippen LogP contribution >= 0.6 is 11.6 Å². The van der Waals surface area contributed by atoms with Gasteiger partial charge < -0.3 is 15.5 Å². The number of halogens is 1. The molecule has 3 fully saturated rings. The first-order valence-electron chi connectivity index (χ1n) is 8.52. The molecule has 128 valence electrons. The number of nitrogens with zero attached hydrogens (tertiary/aromatic N) is 3. The summed E-state index contributed by atoms with van der Waals surface area (Å²) in [6, 6.07) is 9.42. The van der Waals surface area contributed by atoms with Crippen LogP contribution in [-0.2, 0) is 4.79 Å². The molecule has 2 N–H and O–H groups in total. The third kappa shape index (κ3) is 2.93. The number of benzene rings is 1. The second-order valence-electron chi connectivity index (χ2n) is 7.03. The number of carbonyl (C=O) groups is 1. The van der Waals surface area contributed by atoms with E-state index < -0.39 is 0 Å². The van der Waals surface area contributed by atoms with E-state index in [1.54, 1.807) is 12.1 Å². The van der Waals surface area contributed by atoms with Crippen LogP contribution in [0.5, 0.6) is 0 Å². The maximum absolute atomic E-state index is 12.8. The summed E-state index contributed by atoms with van der Waals surface area (Å²) in [5.41, 5.74) is 1.28. The minimum Gasteiger partial charge on any atom is -0.381 e. The van der Waals surface area contributed by atoms with Gasteiger partial charge >= 0.3 is 0 Å². The maximum atomic E-state index is 12.8. The van der Waals surface area contributed by atoms with Crippen LogP contribution in [0.2, 0.25) is 5.02 Å². The second kappa shape index (κ2) is 6.22. The van der Waals surface area contributed by atoms with Crippen LogP contribution in [0.4, 0.5) is 5.69 Å². The molecule has 3 aliphatic rings. The molecule has 0 bridgehead atoms. The Morgan fingerprint density at radius 1 is 1.32 bits per heavy atom. The van der Waals surface area contributed by atoms with Gasteiger partial charge in [0, 0.05) is 24.3 Å². The number of nitrogens with one attached hydrogen (secondary N) is 2. The molecular formula is C18H18ClN5O. The van der Waals surface area contributed by atoms with Crippen molar-refractivity contribution in [1.29, 1.82) is 10.5 Å². The lowest BCUT2D eigenvalue weighted by molar-refractivity contribution is -0.134. The fraction of sp³-hybridized carbons (Fsp3) is 0.500. The number of amides is 1. The number of rotatable bonds is 3. The predicted molar refractivity (Wildman–Crippen MR) is 92.7 cm³/mol. The zero-order chi connectivity index (χ0) is 17.6. The second-order valence-corrected chi connectivity index (χ2v) is 7.44. The van der Waals surface area contributed by atoms with Crippen molar-refractivity contribution in [3.05, 3.63) is 28.8 Å². The molecule has 1 amide bonds. The van der Waals surface area contributed by atoms with E-state index in [2.05, 4.69) is 16.7 Å². The Kier molecular flexibility index (Phi) is 4.03. The minimum atomic E-state index is -0.262. The summed E-state index contributed by atoms with van der Waals surface area (Å²) < 4.78 is 0. The van der Waals surface area contributed by atoms with Crippen molar-refractivity contribution < 1.29 is 4.79 Å². The summed E-state index contributed by atoms with van der Waals surface area (Å²) in [6.07, 6.45) is 2.54. The number of nitriles is 2. The van der Waals surface area contributed by atoms with Crippen LogP contribution in [0.25, 0.3) is 0 Å². The first-order chi connectivity index (χ1) is 12.1. The highest BCUT2D eigenvalue weighted by Crippen LogP contribution is 2.48. The Morgan fingerprint density at radius 2 is 2.16 bits per heavy atom. The van der Waals surface area contributed by atoms with Gasteiger partial charge in [-0.2, -0.15) is 10.5 Å². The molecule has 2 aliphatic heterocycles. The molecule has 0 aromatic heterocycles. The molecule has 1 aliphatic carbocycles. The minimum absolute atomic E-state index is 0.0544. The fourth-order valence-corrected chi connectivity index (χ4v) is 4.26. The topological polar surface area (TPSA) is 91.9 Å². The van der Waals surface area contributed by atoms with Gasteiger partial charge in [-0.3, -0.25) is 4.79 Å². The summed E-state index contributed by atoms with van der Waals surface area (Å²) in [5, 5.41) is 25.3. The van der Waals surface area contributed by atoms with E-state index in [4.69, 9.17) is 16.9 Å². The molecule has 1 aromatic carbocycles. The molecular weight excluding hydrogens is 338 g/mol. The molecule has 7 heteroatoms. The molecule has 1 aromatic rings. The molecule has 25 heavy (non-hydrogen) atoms. The van der Waals surface area contributed by atoms with Gasteiger partial charge in [-0.25, -0.2) is 0 Å². The van der Waals surface area contributed by atoms with Crippen molar-refractivity contribution in [3.8, 4) is 12.1 Å². The lowest BCUT2D eigenvalue weighted by Gasteiger charge is -2.26. The Labute approximate surface area is 151 Å². The van der Waals surface area contributed by atoms with Gasteiger partial charge in [0.2, 0.25) is 5.91 Å². The predicted octanol–water partition coefficient (Wildman–Crippen LogP) is 1.87. The normalized spacial score (nSPS) is 32.6. The number of hydrogen-bond acceptors (Lipinski definition) is 5. The number of hydrogen-bond donors (Lipinski definition) is 2. The highest BCUT2D eigenvalue weighted by atomic mass is 35.5. The van der Waals surface area contributed by atoms with E-state index in [1.807, 2.05) is 17.0 Å². The highest BCUT2D eigenvalue weighted by Gasteiger charge is 2.55. The van der Waals surface area contributed by atoms with Gasteiger partial charge in [-0.15, -0.1) is 0 Å². The van der Waals surface area contributed by atoms with E-state index >= 15 is 0 Å². The third-order valence-corrected chi connectivity index (χ3v) is 5.71. The van der Waals surface area contributed by atoms with Crippen LogP contribution in [0.1, 0.15) is 24.8 Å². The Bertz CT molecular complexity index is 798. The SMILES string of the molecule is N#Cc1ccc(NC2CN[C@H](C(=O)N3[C@H](C#N)C[C@@H]4C[C@@H]43)C2)cc1Cl. The molecule has 0 radical (unpaired) electrons. The van der Waals surface area contributed by atoms with Crippen molar-refractivity contribution in [3.63, 3.8) is 0 Å². The number of fused-ring (bicyclic) bond motifs is 1. The molecule has 4 rings (SSSR count). The third-order valence-electron chi connectivity index (χ3n) is 5.40. The average Bonchev–Trinajstić information content (AvgIpc) is 3.05. The van der Waals surface area contributed by atoms with E-state index in [0.29, 0.717) is 29.5 Å². The maximum Gasteiger partial charge on any atom is 0.241 e. The standard InChI is InChI=1S/C18H18ClN5O/c19-15-5-12(2-1-10(15)7-20)23-13-6-16(22-9-13)18(25)24-14(8-21)3-11-4-17(11)24/h1-2,5,11,13-14,16-17,22-23H,3-4,6,9H2/t11-,13?,14+,16+,17+/m1/s1. The van der Waals surface area contributed by atoms with Crippen LogP contribution < -0.4 is 10.6 Å². The van der Waals surface area contributed by atoms with E-state index in [0.717, 1.165) is 18.5 Å². The van der Waals surface area contributed by atoms with Gasteiger partial charge in [-0.1, -0.05) is 11.6 Å². The molecule has 1 saturated carbocycles. The number of carbonyl (C=O) groups excluding carboxylic acids is 1. The van der Waals surface area contributed by atoms with Gasteiger partial charge in [0.1, 0.15) is 12.1 Å². The van der Waals surface area contributed by atoms with Crippen molar-refractivity contribution in [2.75, 3.05) is 11.9 Å². The Morgan fingerprint density at radius 3 is 2.88 bits per heavy atom. The first kappa shape index (κ1) is 16.2. The lowest BCUT2D eigenvalue weighted by atomic mass is 10.1. The van der Waals surface area contributed by atoms with Crippen LogP contribution in [0.15, 0.2) is 18.2 Å². The average molecular weight is 356 g/mol. The lowest BCUT2D eigenvalue weighted by Crippen LogP contribution is -2.47. The van der Waals surface area contributed by atoms with Crippen molar-refractivity contribution in [2.45, 2.75) is 43.4 Å². The van der Waals surface area contributed by atoms with Gasteiger partial charge in [0.15, 0.2) is 0 Å². The van der Waals surface area contributed by atoms with Gasteiger partial charge in [-0.05, 0) is 43.4 Å². The largest absolute Gasteiger partial charge is 0.381 e. The van der Waals surface area contributed by atoms with Crippen molar-refractivity contribution in [1.82, 2.24) is 10.2 Å². The van der Waals surface area contributed by atoms with Crippen LogP contribution in [-0.4, -0.2) is 41.5 Å². The monoisotopic (exact) mass is 355 g/mol. The summed E-state index contributed by atoms with van der Waals surface area (Å²) in [4.78, 5) is 14.6. The Balaban J connectivity index is 1.38. The summed E-state index contributed by atoms with van der Waals surface area (Å²) in [6.45, 7) is 0.674. The molecule has 2 heterocycles. The molecule has 1 unspecified atom stereocenters. The molecule has 6 nitrogen and oxygen atoms in total. The quantitative estimate of drug-likeness (QED) is 0.863. The van der Waals surface area contributed by atoms with Gasteiger partial charge in [0.25, 0.3) is 0 Å². The van der Waals surface area contributed by atoms with Gasteiger partial charge in [0.05, 0.1) is 22.7 Å². The Hall–Kier alpha value is -2.28. The molecule has 0 spiro atoms. The van der Waals surface area contributed by atoms with Crippen LogP contribution in [0, 0.1) is 28.6 Å². The first-order valence-corrected chi connectivity index (χ1v) is 8.90. The van der Waals surface area contributed by atoms with E-state index in [1.165, 1.54) is 0 Å². The fourth-order valence-electron chi connectivity index (χ4n) is 4.03. The summed E-state index contributed by atoms with van der Waals surface area (Å²) >= 11 is 6.06. The smallest absolute Gasteiger partial charge is 0.241 e. The van der Waals surface area contributed by atoms with E-state index in [-0.39, 0.29) is 30.1 Å².